The van der Waals surface area contributed by atoms with Crippen molar-refractivity contribution in [2.75, 3.05) is 0 Å². The normalized spacial score (nSPS) is 11.6. The Morgan fingerprint density at radius 3 is 2.44 bits per heavy atom. The fourth-order valence-corrected chi connectivity index (χ4v) is 5.16. The number of hydrogen-bond donors (Lipinski definition) is 0. The molecule has 3 nitrogen and oxygen atoms in total. The minimum Gasteiger partial charge on any atom is -0.296 e. The van der Waals surface area contributed by atoms with Crippen LogP contribution in [0.4, 0.5) is 0 Å². The van der Waals surface area contributed by atoms with Crippen LogP contribution >= 0.6 is 69.3 Å². The van der Waals surface area contributed by atoms with E-state index in [1.807, 2.05) is 0 Å². The number of thiazole rings is 1. The number of imidazole rings is 1. The summed E-state index contributed by atoms with van der Waals surface area (Å²) in [5.41, 5.74) is 1.97. The van der Waals surface area contributed by atoms with Gasteiger partial charge in [-0.3, -0.25) is 9.20 Å². The van der Waals surface area contributed by atoms with Gasteiger partial charge in [-0.25, -0.2) is 4.98 Å². The maximum atomic E-state index is 11.8. The molecule has 0 atom stereocenters. The standard InChI is InChI=1S/C16H5Cl5N2OS/c17-6-1-2-7(8(18)3-6)13-11(5-24)23-14-10(20)4-9(19)12(21)15(14)25-16(23)22-13/h1-5H. The van der Waals surface area contributed by atoms with Gasteiger partial charge >= 0.3 is 0 Å². The molecule has 0 aliphatic carbocycles. The lowest BCUT2D eigenvalue weighted by molar-refractivity contribution is 0.111. The second kappa shape index (κ2) is 6.31. The van der Waals surface area contributed by atoms with Crippen LogP contribution in [0, 0.1) is 0 Å². The molecular weight excluding hydrogens is 446 g/mol. The van der Waals surface area contributed by atoms with Gasteiger partial charge in [0.25, 0.3) is 0 Å². The summed E-state index contributed by atoms with van der Waals surface area (Å²) < 4.78 is 2.33. The Morgan fingerprint density at radius 1 is 1.00 bits per heavy atom. The lowest BCUT2D eigenvalue weighted by Crippen LogP contribution is -1.93. The van der Waals surface area contributed by atoms with Crippen LogP contribution < -0.4 is 0 Å². The van der Waals surface area contributed by atoms with Crippen molar-refractivity contribution in [2.45, 2.75) is 0 Å². The van der Waals surface area contributed by atoms with Gasteiger partial charge in [-0.05, 0) is 24.3 Å². The van der Waals surface area contributed by atoms with Crippen LogP contribution in [0.5, 0.6) is 0 Å². The minimum atomic E-state index is 0.325. The fraction of sp³-hybridized carbons (Fsp3) is 0. The van der Waals surface area contributed by atoms with Crippen molar-refractivity contribution >= 4 is 90.8 Å². The molecule has 0 spiro atoms. The molecule has 9 heteroatoms. The van der Waals surface area contributed by atoms with E-state index < -0.39 is 0 Å². The van der Waals surface area contributed by atoms with Gasteiger partial charge in [0, 0.05) is 10.6 Å². The summed E-state index contributed by atoms with van der Waals surface area (Å²) in [6.07, 6.45) is 0.714. The number of fused-ring (bicyclic) bond motifs is 3. The van der Waals surface area contributed by atoms with E-state index in [2.05, 4.69) is 4.98 Å². The monoisotopic (exact) mass is 448 g/mol. The molecule has 2 heterocycles. The Morgan fingerprint density at radius 2 is 1.76 bits per heavy atom. The zero-order chi connectivity index (χ0) is 17.9. The molecule has 4 aromatic rings. The largest absolute Gasteiger partial charge is 0.296 e. The van der Waals surface area contributed by atoms with Gasteiger partial charge in [-0.15, -0.1) is 0 Å². The number of aromatic nitrogens is 2. The zero-order valence-electron chi connectivity index (χ0n) is 12.0. The predicted octanol–water partition coefficient (Wildman–Crippen LogP) is 7.30. The molecule has 4 rings (SSSR count). The van der Waals surface area contributed by atoms with Gasteiger partial charge in [-0.2, -0.15) is 0 Å². The van der Waals surface area contributed by atoms with E-state index in [9.17, 15) is 4.79 Å². The molecule has 0 N–H and O–H groups in total. The summed E-state index contributed by atoms with van der Waals surface area (Å²) in [5, 5.41) is 2.00. The van der Waals surface area contributed by atoms with Crippen molar-refractivity contribution in [3.05, 3.63) is 55.1 Å². The maximum Gasteiger partial charge on any atom is 0.196 e. The number of rotatable bonds is 2. The number of benzene rings is 2. The molecule has 0 radical (unpaired) electrons. The third-order valence-electron chi connectivity index (χ3n) is 3.70. The van der Waals surface area contributed by atoms with E-state index in [0.29, 0.717) is 63.5 Å². The van der Waals surface area contributed by atoms with Crippen LogP contribution in [0.15, 0.2) is 24.3 Å². The van der Waals surface area contributed by atoms with Crippen molar-refractivity contribution < 1.29 is 4.79 Å². The second-order valence-corrected chi connectivity index (χ2v) is 8.15. The Labute approximate surface area is 170 Å². The van der Waals surface area contributed by atoms with Crippen LogP contribution in [-0.4, -0.2) is 15.7 Å². The summed E-state index contributed by atoms with van der Waals surface area (Å²) in [6, 6.07) is 6.55. The molecule has 0 fully saturated rings. The molecule has 0 unspecified atom stereocenters. The van der Waals surface area contributed by atoms with Gasteiger partial charge in [0.2, 0.25) is 0 Å². The summed E-state index contributed by atoms with van der Waals surface area (Å²) >= 11 is 32.2. The molecule has 25 heavy (non-hydrogen) atoms. The summed E-state index contributed by atoms with van der Waals surface area (Å²) in [7, 11) is 0. The molecule has 0 aliphatic heterocycles. The number of carbonyl (C=O) groups is 1. The van der Waals surface area contributed by atoms with Crippen molar-refractivity contribution in [3.8, 4) is 11.3 Å². The van der Waals surface area contributed by atoms with E-state index in [0.717, 1.165) is 0 Å². The topological polar surface area (TPSA) is 34.4 Å². The highest BCUT2D eigenvalue weighted by atomic mass is 35.5. The number of nitrogens with zero attached hydrogens (tertiary/aromatic N) is 2. The third kappa shape index (κ3) is 2.64. The average molecular weight is 451 g/mol. The third-order valence-corrected chi connectivity index (χ3v) is 6.49. The number of halogens is 5. The average Bonchev–Trinajstić information content (AvgIpc) is 3.08. The van der Waals surface area contributed by atoms with Crippen molar-refractivity contribution in [2.24, 2.45) is 0 Å². The van der Waals surface area contributed by atoms with Crippen molar-refractivity contribution in [3.63, 3.8) is 0 Å². The SMILES string of the molecule is O=Cc1c(-c2ccc(Cl)cc2Cl)nc2sc3c(Cl)c(Cl)cc(Cl)c3n12. The van der Waals surface area contributed by atoms with Crippen molar-refractivity contribution in [1.82, 2.24) is 9.38 Å². The van der Waals surface area contributed by atoms with Crippen LogP contribution in [0.3, 0.4) is 0 Å². The quantitative estimate of drug-likeness (QED) is 0.237. The van der Waals surface area contributed by atoms with Gasteiger partial charge < -0.3 is 0 Å². The fourth-order valence-electron chi connectivity index (χ4n) is 2.64. The highest BCUT2D eigenvalue weighted by Crippen LogP contribution is 2.43. The highest BCUT2D eigenvalue weighted by molar-refractivity contribution is 7.24. The smallest absolute Gasteiger partial charge is 0.196 e. The maximum absolute atomic E-state index is 11.8. The predicted molar refractivity (Wildman–Crippen MR) is 106 cm³/mol. The van der Waals surface area contributed by atoms with Crippen molar-refractivity contribution in [1.29, 1.82) is 0 Å². The highest BCUT2D eigenvalue weighted by Gasteiger charge is 2.23. The number of carbonyl (C=O) groups excluding carboxylic acids is 1. The van der Waals surface area contributed by atoms with Crippen LogP contribution in [0.1, 0.15) is 10.5 Å². The second-order valence-electron chi connectivity index (χ2n) is 5.14. The van der Waals surface area contributed by atoms with Crippen LogP contribution in [0.2, 0.25) is 25.1 Å². The molecule has 0 saturated heterocycles. The molecular formula is C16H5Cl5N2OS. The molecule has 126 valence electrons. The van der Waals surface area contributed by atoms with E-state index in [1.54, 1.807) is 28.7 Å². The van der Waals surface area contributed by atoms with E-state index in [-0.39, 0.29) is 0 Å². The molecule has 0 saturated carbocycles. The minimum absolute atomic E-state index is 0.325. The molecule has 0 amide bonds. The lowest BCUT2D eigenvalue weighted by atomic mass is 10.1. The first-order valence-corrected chi connectivity index (χ1v) is 9.52. The zero-order valence-corrected chi connectivity index (χ0v) is 16.6. The lowest BCUT2D eigenvalue weighted by Gasteiger charge is -2.04. The molecule has 2 aromatic heterocycles. The molecule has 0 bridgehead atoms. The Kier molecular flexibility index (Phi) is 4.39. The number of aldehydes is 1. The van der Waals surface area contributed by atoms with Gasteiger partial charge in [-0.1, -0.05) is 69.3 Å². The molecule has 0 aliphatic rings. The first kappa shape index (κ1) is 17.4. The van der Waals surface area contributed by atoms with Crippen LogP contribution in [-0.2, 0) is 0 Å². The summed E-state index contributed by atoms with van der Waals surface area (Å²) in [5.74, 6) is 0. The van der Waals surface area contributed by atoms with E-state index >= 15 is 0 Å². The molecule has 2 aromatic carbocycles. The Bertz CT molecular complexity index is 1180. The summed E-state index contributed by atoms with van der Waals surface area (Å²) in [4.78, 5) is 16.9. The van der Waals surface area contributed by atoms with E-state index in [4.69, 9.17) is 58.0 Å². The van der Waals surface area contributed by atoms with Gasteiger partial charge in [0.05, 0.1) is 30.3 Å². The Hall–Kier alpha value is -1.01. The van der Waals surface area contributed by atoms with E-state index in [1.165, 1.54) is 11.3 Å². The van der Waals surface area contributed by atoms with Crippen LogP contribution in [0.25, 0.3) is 26.4 Å². The first-order chi connectivity index (χ1) is 11.9. The Balaban J connectivity index is 2.13. The summed E-state index contributed by atoms with van der Waals surface area (Å²) in [6.45, 7) is 0. The van der Waals surface area contributed by atoms with Gasteiger partial charge in [0.15, 0.2) is 11.2 Å². The van der Waals surface area contributed by atoms with Gasteiger partial charge in [0.1, 0.15) is 11.4 Å². The first-order valence-electron chi connectivity index (χ1n) is 6.81. The number of hydrogen-bond acceptors (Lipinski definition) is 3.